The highest BCUT2D eigenvalue weighted by Crippen LogP contribution is 2.23. The van der Waals surface area contributed by atoms with E-state index in [4.69, 9.17) is 39.5 Å². The highest BCUT2D eigenvalue weighted by Gasteiger charge is 2.41. The number of fused-ring (bicyclic) bond motifs is 2. The summed E-state index contributed by atoms with van der Waals surface area (Å²) in [5.41, 5.74) is 26.2. The molecule has 6 aromatic rings. The number of aliphatic carboxylic acids is 8. The average molecular weight is 2030 g/mol. The van der Waals surface area contributed by atoms with Gasteiger partial charge in [0, 0.05) is 60.1 Å². The Bertz CT molecular complexity index is 5880. The number of carbonyl (C=O) groups excluding carboxylic acids is 13. The molecule has 0 bridgehead atoms. The molecule has 38 N–H and O–H groups in total. The number of aromatic nitrogens is 8. The van der Waals surface area contributed by atoms with Crippen molar-refractivity contribution in [3.63, 3.8) is 0 Å². The van der Waals surface area contributed by atoms with E-state index in [9.17, 15) is 151 Å². The van der Waals surface area contributed by atoms with Crippen molar-refractivity contribution < 1.29 is 146 Å². The summed E-state index contributed by atoms with van der Waals surface area (Å²) in [4.78, 5) is 330. The van der Waals surface area contributed by atoms with E-state index in [0.717, 1.165) is 21.6 Å². The summed E-state index contributed by atoms with van der Waals surface area (Å²) in [5, 5.41) is 130. The van der Waals surface area contributed by atoms with Gasteiger partial charge in [-0.3, -0.25) is 97.5 Å². The van der Waals surface area contributed by atoms with E-state index in [0.29, 0.717) is 17.1 Å². The zero-order chi connectivity index (χ0) is 105. The second kappa shape index (κ2) is 55.3. The lowest BCUT2D eigenvalue weighted by molar-refractivity contribution is -0.149. The van der Waals surface area contributed by atoms with E-state index in [1.165, 1.54) is 60.9 Å². The van der Waals surface area contributed by atoms with Crippen molar-refractivity contribution in [1.82, 2.24) is 114 Å². The van der Waals surface area contributed by atoms with Crippen molar-refractivity contribution in [3.05, 3.63) is 104 Å². The first kappa shape index (κ1) is 113. The van der Waals surface area contributed by atoms with Crippen LogP contribution in [-0.2, 0) is 104 Å². The molecule has 764 valence electrons. The van der Waals surface area contributed by atoms with E-state index in [2.05, 4.69) is 87.1 Å². The summed E-state index contributed by atoms with van der Waals surface area (Å²) >= 11 is 0. The fourth-order valence-corrected chi connectivity index (χ4v) is 14.2. The van der Waals surface area contributed by atoms with Crippen molar-refractivity contribution in [2.24, 2.45) is 17.2 Å². The topological polar surface area (TPSA) is 1040 Å². The summed E-state index contributed by atoms with van der Waals surface area (Å²) in [5.74, 6) is -36.1. The first-order chi connectivity index (χ1) is 67.1. The minimum Gasteiger partial charge on any atom is -0.481 e. The molecular formula is C77H97N31O32S2. The number of carboxylic acids is 8. The monoisotopic (exact) mass is 2030 g/mol. The summed E-state index contributed by atoms with van der Waals surface area (Å²) in [6.45, 7) is -1.40. The molecule has 4 heterocycles. The number of aromatic amines is 2. The largest absolute Gasteiger partial charge is 0.481 e. The van der Waals surface area contributed by atoms with Gasteiger partial charge in [0.1, 0.15) is 48.9 Å². The third-order valence-corrected chi connectivity index (χ3v) is 21.5. The Morgan fingerprint density at radius 3 is 1.16 bits per heavy atom. The Morgan fingerprint density at radius 2 is 0.754 bits per heavy atom. The number of carbonyl (C=O) groups is 21. The first-order valence-electron chi connectivity index (χ1n) is 41.5. The van der Waals surface area contributed by atoms with Gasteiger partial charge < -0.3 is 159 Å². The van der Waals surface area contributed by atoms with Gasteiger partial charge >= 0.3 is 53.8 Å². The molecule has 0 saturated carbocycles. The Kier molecular flexibility index (Phi) is 43.9. The van der Waals surface area contributed by atoms with Gasteiger partial charge in [-0.2, -0.15) is 9.97 Å². The van der Waals surface area contributed by atoms with Crippen LogP contribution in [0.25, 0.3) is 22.3 Å². The van der Waals surface area contributed by atoms with Gasteiger partial charge in [0.15, 0.2) is 34.2 Å². The molecule has 63 nitrogen and oxygen atoms in total. The maximum Gasteiger partial charge on any atom is 0.404 e. The molecule has 0 radical (unpaired) electrons. The van der Waals surface area contributed by atoms with E-state index in [1.54, 1.807) is 16.0 Å². The van der Waals surface area contributed by atoms with Crippen molar-refractivity contribution >= 4 is 204 Å². The quantitative estimate of drug-likeness (QED) is 0.00554. The SMILES string of the molecule is N=C(N)NCCC[C@H](NC(=O)[C@@H](NC(=O)c1ccc(NCc2cnc3nc(N)[nH]c(=O)c3n2)cc1)C(=O)O)C(=O)N[C@@H](C(=O)O)C(=O)N[C@@H](CC(=O)O)C(=O)NCCCCC(NC(=O)[C@H](CC(=O)O)NC(=O)[C@@H](NC(=O)[C@H](CCCNC(=N)N)NC(=O)[C@@H](NC(=O)CC[C@H](NC(=O)c1ccc(NCc2cnc3nc(N)[nH]c(=O)c3n2)cc1)C(=O)O)C(=O)O)C(=O)O)C(=O)N[C@H](CSSCCOC(N)=O)C(=O)O. The average Bonchev–Trinajstić information content (AvgIpc) is 0.809. The minimum absolute atomic E-state index is 0.0104. The molecule has 65 heteroatoms. The van der Waals surface area contributed by atoms with E-state index in [1.807, 2.05) is 26.6 Å². The third-order valence-electron chi connectivity index (χ3n) is 19.1. The van der Waals surface area contributed by atoms with Gasteiger partial charge in [-0.25, -0.2) is 53.5 Å². The van der Waals surface area contributed by atoms with Crippen LogP contribution < -0.4 is 125 Å². The van der Waals surface area contributed by atoms with Crippen LogP contribution in [0.15, 0.2) is 70.5 Å². The highest BCUT2D eigenvalue weighted by molar-refractivity contribution is 8.76. The lowest BCUT2D eigenvalue weighted by Crippen LogP contribution is -2.61. The van der Waals surface area contributed by atoms with Crippen LogP contribution in [0.4, 0.5) is 28.1 Å². The molecule has 0 aliphatic heterocycles. The Labute approximate surface area is 803 Å². The lowest BCUT2D eigenvalue weighted by Gasteiger charge is -2.26. The Morgan fingerprint density at radius 1 is 0.387 bits per heavy atom. The number of anilines is 4. The molecule has 0 aliphatic rings. The summed E-state index contributed by atoms with van der Waals surface area (Å²) < 4.78 is 4.61. The second-order valence-corrected chi connectivity index (χ2v) is 32.4. The summed E-state index contributed by atoms with van der Waals surface area (Å²) in [6.07, 6.45) is -6.25. The van der Waals surface area contributed by atoms with E-state index < -0.39 is 278 Å². The zero-order valence-corrected chi connectivity index (χ0v) is 75.5. The number of ether oxygens (including phenoxy) is 1. The van der Waals surface area contributed by atoms with Gasteiger partial charge in [0.05, 0.1) is 49.7 Å². The molecule has 1 unspecified atom stereocenters. The molecule has 0 aliphatic carbocycles. The predicted octanol–water partition coefficient (Wildman–Crippen LogP) is -10.1. The fraction of sp³-hybridized carbons (Fsp3) is 0.390. The Hall–Kier alpha value is -18.0. The molecule has 0 spiro atoms. The molecular weight excluding hydrogens is 1940 g/mol. The number of nitrogen functional groups attached to an aromatic ring is 2. The Balaban J connectivity index is 1.11. The zero-order valence-electron chi connectivity index (χ0n) is 73.8. The standard InChI is InChI=1S/C77H97N31O32S2/c78-73(79)86-19-3-6-37(95-63(123)48(69(131)132)101-43(109)17-16-39(67(127)128)97-54(114)30-8-12-32(13-9-30)88-25-34-27-90-52-46(92-34)61(121)107-75(82)105-52)58(118)104-51(72(137)138)66(126)99-41(24-45(112)113)60(120)94-36(57(117)100-42(68(129)130)29-142-141-22-21-140-77(84)139)5-1-2-18-85-56(116)40(23-44(110)111)98-65(125)50(71(135)136)103-59(119)38(7-4-20-87-74(80)81)96-64(124)49(70(133)134)102-55(115)31-10-14-33(15-11-31)89-26-35-28-91-53-47(93-35)62(122)108-76(83)106-53/h8-15,27-28,36-42,48-51,88-89H,1-7,16-26,29H2,(H2,84,139)(H,85,116)(H,94,120)(H,95,123)(H,96,124)(H,97,114)(H,98,125)(H,99,126)(H,100,117)(H,101,109)(H,102,115)(H,103,119)(H,104,118)(H,110,111)(H,112,113)(H,127,128)(H,129,130)(H,131,132)(H,133,134)(H,135,136)(H,137,138)(H4,78,79,86)(H4,80,81,87)(H3,82,90,105,107,121)(H3,83,91,106,108,122)/t36?,37-,38-,39-,40-,41-,42+,48+,49+,50+,51+/m0/s1. The lowest BCUT2D eigenvalue weighted by atomic mass is 10.1. The number of benzene rings is 2. The second-order valence-electron chi connectivity index (χ2n) is 29.8. The molecule has 0 saturated heterocycles. The number of carboxylic acid groups (broad SMARTS) is 8. The van der Waals surface area contributed by atoms with Crippen LogP contribution in [-0.4, -0.2) is 322 Å². The summed E-state index contributed by atoms with van der Waals surface area (Å²) in [6, 6.07) is -15.0. The molecule has 2 aromatic carbocycles. The van der Waals surface area contributed by atoms with Gasteiger partial charge in [0.2, 0.25) is 71.5 Å². The number of nitrogens with zero attached hydrogens (tertiary/aromatic N) is 6. The van der Waals surface area contributed by atoms with Crippen LogP contribution in [0.5, 0.6) is 0 Å². The maximum atomic E-state index is 14.3. The van der Waals surface area contributed by atoms with Crippen LogP contribution in [0.1, 0.15) is 103 Å². The van der Waals surface area contributed by atoms with E-state index in [-0.39, 0.29) is 109 Å². The number of unbranched alkanes of at least 4 members (excludes halogenated alkanes) is 1. The number of primary amides is 1. The number of hydrogen-bond donors (Lipinski definition) is 33. The number of nitrogens with one attached hydrogen (secondary N) is 20. The smallest absolute Gasteiger partial charge is 0.404 e. The van der Waals surface area contributed by atoms with Crippen molar-refractivity contribution in [2.45, 2.75) is 150 Å². The molecule has 13 amide bonds. The van der Waals surface area contributed by atoms with Crippen molar-refractivity contribution in [2.75, 3.05) is 59.8 Å². The minimum atomic E-state index is -2.92. The fourth-order valence-electron chi connectivity index (χ4n) is 12.2. The first-order valence-corrected chi connectivity index (χ1v) is 44.0. The van der Waals surface area contributed by atoms with Crippen LogP contribution >= 0.6 is 21.6 Å². The number of amides is 13. The van der Waals surface area contributed by atoms with Gasteiger partial charge in [-0.05, 0) is 99.9 Å². The van der Waals surface area contributed by atoms with Gasteiger partial charge in [0.25, 0.3) is 46.6 Å². The van der Waals surface area contributed by atoms with Crippen LogP contribution in [0, 0.1) is 10.8 Å². The number of rotatable bonds is 60. The van der Waals surface area contributed by atoms with Crippen LogP contribution in [0.2, 0.25) is 0 Å². The number of nitrogens with two attached hydrogens (primary N) is 5. The summed E-state index contributed by atoms with van der Waals surface area (Å²) in [7, 11) is 1.72. The number of guanidine groups is 2. The van der Waals surface area contributed by atoms with Gasteiger partial charge in [-0.1, -0.05) is 21.6 Å². The number of hydrogen-bond acceptors (Lipinski definition) is 38. The van der Waals surface area contributed by atoms with Crippen molar-refractivity contribution in [1.29, 1.82) is 10.8 Å². The molecule has 11 atom stereocenters. The van der Waals surface area contributed by atoms with Gasteiger partial charge in [-0.15, -0.1) is 0 Å². The third kappa shape index (κ3) is 37.6. The van der Waals surface area contributed by atoms with Crippen LogP contribution in [0.3, 0.4) is 0 Å². The highest BCUT2D eigenvalue weighted by atomic mass is 33.1. The molecule has 6 rings (SSSR count). The predicted molar refractivity (Wildman–Crippen MR) is 487 cm³/mol. The number of H-pyrrole nitrogens is 2. The van der Waals surface area contributed by atoms with Crippen molar-refractivity contribution in [3.8, 4) is 0 Å². The molecule has 142 heavy (non-hydrogen) atoms. The maximum absolute atomic E-state index is 14.3. The normalized spacial score (nSPS) is 13.2. The molecule has 4 aromatic heterocycles. The van der Waals surface area contributed by atoms with E-state index >= 15 is 0 Å². The molecule has 0 fully saturated rings.